The van der Waals surface area contributed by atoms with Gasteiger partial charge in [0.05, 0.1) is 5.75 Å². The monoisotopic (exact) mass is 316 g/mol. The number of hydrogen-bond donors (Lipinski definition) is 0. The first-order valence-corrected chi connectivity index (χ1v) is 9.47. The molecule has 0 aromatic heterocycles. The molecule has 1 amide bonds. The summed E-state index contributed by atoms with van der Waals surface area (Å²) in [6, 6.07) is -0.413. The number of likely N-dealkylation sites (N-methyl/N-ethyl adjacent to an activating group) is 1. The second kappa shape index (κ2) is 5.54. The Morgan fingerprint density at radius 3 is 2.19 bits per heavy atom. The highest BCUT2D eigenvalue weighted by Gasteiger charge is 2.48. The standard InChI is InChI=1S/C15H28N2O3S/c1-11(2)13(17-9-6-10-21(17,19)20)14(18)16(5)12(3)15(4)7-8-15/h11-13H,6-10H2,1-5H3/t12-,13-/m0/s1. The topological polar surface area (TPSA) is 57.7 Å². The molecule has 0 aromatic rings. The predicted molar refractivity (Wildman–Crippen MR) is 83.3 cm³/mol. The van der Waals surface area contributed by atoms with Gasteiger partial charge in [0.15, 0.2) is 0 Å². The molecule has 0 aromatic carbocycles. The molecular weight excluding hydrogens is 288 g/mol. The molecule has 1 saturated carbocycles. The molecule has 1 aliphatic heterocycles. The van der Waals surface area contributed by atoms with Gasteiger partial charge in [-0.25, -0.2) is 8.42 Å². The van der Waals surface area contributed by atoms with Gasteiger partial charge in [-0.1, -0.05) is 20.8 Å². The van der Waals surface area contributed by atoms with E-state index in [2.05, 4.69) is 13.8 Å². The van der Waals surface area contributed by atoms with Crippen molar-refractivity contribution in [3.8, 4) is 0 Å². The Morgan fingerprint density at radius 2 is 1.81 bits per heavy atom. The zero-order valence-corrected chi connectivity index (χ0v) is 14.6. The van der Waals surface area contributed by atoms with Crippen molar-refractivity contribution in [2.24, 2.45) is 11.3 Å². The van der Waals surface area contributed by atoms with E-state index in [0.717, 1.165) is 12.8 Å². The van der Waals surface area contributed by atoms with Gasteiger partial charge in [0.2, 0.25) is 15.9 Å². The number of hydrogen-bond acceptors (Lipinski definition) is 3. The fourth-order valence-corrected chi connectivity index (χ4v) is 5.01. The molecule has 2 aliphatic rings. The Hall–Kier alpha value is -0.620. The highest BCUT2D eigenvalue weighted by atomic mass is 32.2. The van der Waals surface area contributed by atoms with Gasteiger partial charge in [-0.05, 0) is 37.5 Å². The fourth-order valence-electron chi connectivity index (χ4n) is 3.19. The summed E-state index contributed by atoms with van der Waals surface area (Å²) in [4.78, 5) is 14.7. The van der Waals surface area contributed by atoms with Crippen LogP contribution in [0.4, 0.5) is 0 Å². The van der Waals surface area contributed by atoms with E-state index >= 15 is 0 Å². The minimum Gasteiger partial charge on any atom is -0.341 e. The third-order valence-electron chi connectivity index (χ3n) is 5.31. The van der Waals surface area contributed by atoms with Crippen LogP contribution in [0.1, 0.15) is 47.0 Å². The molecule has 0 N–H and O–H groups in total. The van der Waals surface area contributed by atoms with Crippen LogP contribution in [0.3, 0.4) is 0 Å². The van der Waals surface area contributed by atoms with Crippen LogP contribution in [0, 0.1) is 11.3 Å². The predicted octanol–water partition coefficient (Wildman–Crippen LogP) is 1.69. The zero-order chi connectivity index (χ0) is 16.0. The number of carbonyl (C=O) groups is 1. The lowest BCUT2D eigenvalue weighted by Gasteiger charge is -2.36. The van der Waals surface area contributed by atoms with Gasteiger partial charge in [-0.2, -0.15) is 4.31 Å². The molecule has 0 radical (unpaired) electrons. The molecule has 5 nitrogen and oxygen atoms in total. The van der Waals surface area contributed by atoms with Crippen LogP contribution in [0.15, 0.2) is 0 Å². The van der Waals surface area contributed by atoms with Gasteiger partial charge in [0, 0.05) is 19.6 Å². The molecule has 6 heteroatoms. The van der Waals surface area contributed by atoms with Crippen molar-refractivity contribution in [3.05, 3.63) is 0 Å². The van der Waals surface area contributed by atoms with Crippen LogP contribution in [-0.4, -0.2) is 55.0 Å². The molecule has 2 rings (SSSR count). The molecule has 2 fully saturated rings. The lowest BCUT2D eigenvalue weighted by atomic mass is 9.96. The maximum Gasteiger partial charge on any atom is 0.241 e. The second-order valence-electron chi connectivity index (χ2n) is 7.25. The summed E-state index contributed by atoms with van der Waals surface area (Å²) in [5.41, 5.74) is 0.204. The van der Waals surface area contributed by atoms with Crippen LogP contribution in [0.25, 0.3) is 0 Å². The third-order valence-corrected chi connectivity index (χ3v) is 7.24. The minimum absolute atomic E-state index is 0.0213. The summed E-state index contributed by atoms with van der Waals surface area (Å²) >= 11 is 0. The largest absolute Gasteiger partial charge is 0.341 e. The van der Waals surface area contributed by atoms with E-state index in [-0.39, 0.29) is 29.0 Å². The van der Waals surface area contributed by atoms with Crippen molar-refractivity contribution >= 4 is 15.9 Å². The number of carbonyl (C=O) groups excluding carboxylic acids is 1. The first-order valence-electron chi connectivity index (χ1n) is 7.86. The van der Waals surface area contributed by atoms with Crippen molar-refractivity contribution < 1.29 is 13.2 Å². The smallest absolute Gasteiger partial charge is 0.241 e. The molecule has 122 valence electrons. The van der Waals surface area contributed by atoms with Gasteiger partial charge >= 0.3 is 0 Å². The maximum absolute atomic E-state index is 12.9. The quantitative estimate of drug-likeness (QED) is 0.775. The van der Waals surface area contributed by atoms with Gasteiger partial charge in [-0.3, -0.25) is 4.79 Å². The normalized spacial score (nSPS) is 26.6. The molecule has 21 heavy (non-hydrogen) atoms. The van der Waals surface area contributed by atoms with Crippen LogP contribution in [0.5, 0.6) is 0 Å². The Kier molecular flexibility index (Phi) is 4.42. The van der Waals surface area contributed by atoms with Crippen molar-refractivity contribution in [1.29, 1.82) is 0 Å². The lowest BCUT2D eigenvalue weighted by molar-refractivity contribution is -0.138. The Bertz CT molecular complexity index is 511. The van der Waals surface area contributed by atoms with Gasteiger partial charge in [0.25, 0.3) is 0 Å². The lowest BCUT2D eigenvalue weighted by Crippen LogP contribution is -2.54. The molecule has 0 unspecified atom stereocenters. The molecular formula is C15H28N2O3S. The molecule has 1 heterocycles. The third kappa shape index (κ3) is 3.11. The summed E-state index contributed by atoms with van der Waals surface area (Å²) in [5.74, 6) is 0.0867. The maximum atomic E-state index is 12.9. The number of rotatable bonds is 5. The van der Waals surface area contributed by atoms with Gasteiger partial charge in [0.1, 0.15) is 6.04 Å². The van der Waals surface area contributed by atoms with Crippen molar-refractivity contribution in [2.45, 2.75) is 59.0 Å². The molecule has 2 atom stereocenters. The second-order valence-corrected chi connectivity index (χ2v) is 9.29. The van der Waals surface area contributed by atoms with Crippen LogP contribution >= 0.6 is 0 Å². The highest BCUT2D eigenvalue weighted by molar-refractivity contribution is 7.89. The van der Waals surface area contributed by atoms with E-state index in [1.54, 1.807) is 4.90 Å². The first-order chi connectivity index (χ1) is 9.60. The van der Waals surface area contributed by atoms with Crippen LogP contribution in [-0.2, 0) is 14.8 Å². The highest BCUT2D eigenvalue weighted by Crippen LogP contribution is 2.49. The molecule has 0 bridgehead atoms. The van der Waals surface area contributed by atoms with Crippen LogP contribution < -0.4 is 0 Å². The van der Waals surface area contributed by atoms with E-state index in [4.69, 9.17) is 0 Å². The van der Waals surface area contributed by atoms with E-state index in [1.165, 1.54) is 4.31 Å². The van der Waals surface area contributed by atoms with E-state index in [1.807, 2.05) is 20.9 Å². The Balaban J connectivity index is 2.20. The number of sulfonamides is 1. The van der Waals surface area contributed by atoms with E-state index in [9.17, 15) is 13.2 Å². The fraction of sp³-hybridized carbons (Fsp3) is 0.933. The first kappa shape index (κ1) is 16.7. The number of nitrogens with zero attached hydrogens (tertiary/aromatic N) is 2. The van der Waals surface area contributed by atoms with E-state index < -0.39 is 16.1 Å². The van der Waals surface area contributed by atoms with E-state index in [0.29, 0.717) is 13.0 Å². The summed E-state index contributed by atoms with van der Waals surface area (Å²) < 4.78 is 25.8. The molecule has 1 aliphatic carbocycles. The average Bonchev–Trinajstić information content (AvgIpc) is 3.05. The zero-order valence-electron chi connectivity index (χ0n) is 13.8. The van der Waals surface area contributed by atoms with Crippen LogP contribution in [0.2, 0.25) is 0 Å². The van der Waals surface area contributed by atoms with Crippen molar-refractivity contribution in [3.63, 3.8) is 0 Å². The minimum atomic E-state index is -3.27. The number of amides is 1. The average molecular weight is 316 g/mol. The SMILES string of the molecule is CC(C)[C@@H](C(=O)N(C)[C@@H](C)C1(C)CC1)N1CCCS1(=O)=O. The Labute approximate surface area is 128 Å². The molecule has 0 spiro atoms. The van der Waals surface area contributed by atoms with Crippen molar-refractivity contribution in [2.75, 3.05) is 19.3 Å². The summed E-state index contributed by atoms with van der Waals surface area (Å²) in [5, 5.41) is 0. The summed E-state index contributed by atoms with van der Waals surface area (Å²) in [6.07, 6.45) is 2.90. The van der Waals surface area contributed by atoms with Gasteiger partial charge < -0.3 is 4.90 Å². The molecule has 1 saturated heterocycles. The summed E-state index contributed by atoms with van der Waals surface area (Å²) in [7, 11) is -1.46. The summed E-state index contributed by atoms with van der Waals surface area (Å²) in [6.45, 7) is 8.58. The van der Waals surface area contributed by atoms with Crippen molar-refractivity contribution in [1.82, 2.24) is 9.21 Å². The Morgan fingerprint density at radius 1 is 1.24 bits per heavy atom. The van der Waals surface area contributed by atoms with Gasteiger partial charge in [-0.15, -0.1) is 0 Å².